The summed E-state index contributed by atoms with van der Waals surface area (Å²) in [5.41, 5.74) is 2.74. The SMILES string of the molecule is COc1ccc(C(=O)c2c(C)cccc2C)c(O)c1. The molecule has 0 fully saturated rings. The lowest BCUT2D eigenvalue weighted by Crippen LogP contribution is -2.06. The summed E-state index contributed by atoms with van der Waals surface area (Å²) >= 11 is 0. The van der Waals surface area contributed by atoms with E-state index in [1.807, 2.05) is 32.0 Å². The summed E-state index contributed by atoms with van der Waals surface area (Å²) in [5.74, 6) is 0.290. The molecule has 3 nitrogen and oxygen atoms in total. The van der Waals surface area contributed by atoms with Crippen molar-refractivity contribution < 1.29 is 14.6 Å². The molecule has 0 bridgehead atoms. The molecular formula is C16H16O3. The molecule has 0 saturated carbocycles. The molecule has 0 aliphatic carbocycles. The number of carbonyl (C=O) groups is 1. The minimum Gasteiger partial charge on any atom is -0.507 e. The molecule has 2 aromatic carbocycles. The Morgan fingerprint density at radius 2 is 1.74 bits per heavy atom. The molecule has 0 aliphatic rings. The average molecular weight is 256 g/mol. The first-order chi connectivity index (χ1) is 9.04. The molecule has 0 unspecified atom stereocenters. The van der Waals surface area contributed by atoms with Gasteiger partial charge >= 0.3 is 0 Å². The van der Waals surface area contributed by atoms with Crippen LogP contribution in [0.25, 0.3) is 0 Å². The Hall–Kier alpha value is -2.29. The normalized spacial score (nSPS) is 10.3. The molecule has 0 saturated heterocycles. The van der Waals surface area contributed by atoms with Gasteiger partial charge in [-0.3, -0.25) is 4.79 Å². The van der Waals surface area contributed by atoms with Gasteiger partial charge in [0.1, 0.15) is 11.5 Å². The van der Waals surface area contributed by atoms with Crippen LogP contribution in [0.5, 0.6) is 11.5 Å². The predicted molar refractivity (Wildman–Crippen MR) is 74.0 cm³/mol. The van der Waals surface area contributed by atoms with E-state index < -0.39 is 0 Å². The number of aryl methyl sites for hydroxylation is 2. The Labute approximate surface area is 112 Å². The van der Waals surface area contributed by atoms with E-state index in [-0.39, 0.29) is 11.5 Å². The number of hydrogen-bond donors (Lipinski definition) is 1. The zero-order valence-electron chi connectivity index (χ0n) is 11.2. The largest absolute Gasteiger partial charge is 0.507 e. The molecule has 0 spiro atoms. The molecule has 0 radical (unpaired) electrons. The minimum atomic E-state index is -0.171. The first kappa shape index (κ1) is 13.1. The monoisotopic (exact) mass is 256 g/mol. The van der Waals surface area contributed by atoms with E-state index >= 15 is 0 Å². The van der Waals surface area contributed by atoms with Gasteiger partial charge in [-0.05, 0) is 37.1 Å². The predicted octanol–water partition coefficient (Wildman–Crippen LogP) is 3.25. The number of ether oxygens (including phenoxy) is 1. The third kappa shape index (κ3) is 2.45. The van der Waals surface area contributed by atoms with E-state index in [4.69, 9.17) is 4.74 Å². The van der Waals surface area contributed by atoms with Gasteiger partial charge in [-0.15, -0.1) is 0 Å². The molecule has 0 aromatic heterocycles. The van der Waals surface area contributed by atoms with Crippen LogP contribution in [0, 0.1) is 13.8 Å². The van der Waals surface area contributed by atoms with Crippen LogP contribution in [0.4, 0.5) is 0 Å². The van der Waals surface area contributed by atoms with Crippen LogP contribution in [0.15, 0.2) is 36.4 Å². The van der Waals surface area contributed by atoms with Crippen molar-refractivity contribution in [2.45, 2.75) is 13.8 Å². The lowest BCUT2D eigenvalue weighted by atomic mass is 9.94. The van der Waals surface area contributed by atoms with Gasteiger partial charge in [-0.1, -0.05) is 18.2 Å². The van der Waals surface area contributed by atoms with Crippen LogP contribution in [0.2, 0.25) is 0 Å². The number of benzene rings is 2. The van der Waals surface area contributed by atoms with Crippen LogP contribution in [-0.4, -0.2) is 18.0 Å². The summed E-state index contributed by atoms with van der Waals surface area (Å²) in [4.78, 5) is 12.5. The number of rotatable bonds is 3. The van der Waals surface area contributed by atoms with Crippen LogP contribution < -0.4 is 4.74 Å². The zero-order chi connectivity index (χ0) is 14.0. The Morgan fingerprint density at radius 1 is 1.11 bits per heavy atom. The van der Waals surface area contributed by atoms with Gasteiger partial charge in [-0.2, -0.15) is 0 Å². The van der Waals surface area contributed by atoms with Gasteiger partial charge in [0.2, 0.25) is 0 Å². The molecule has 0 amide bonds. The van der Waals surface area contributed by atoms with Crippen molar-refractivity contribution in [2.75, 3.05) is 7.11 Å². The number of aromatic hydroxyl groups is 1. The fourth-order valence-corrected chi connectivity index (χ4v) is 2.14. The quantitative estimate of drug-likeness (QED) is 0.857. The van der Waals surface area contributed by atoms with Crippen molar-refractivity contribution in [3.8, 4) is 11.5 Å². The summed E-state index contributed by atoms with van der Waals surface area (Å²) in [5, 5.41) is 9.94. The average Bonchev–Trinajstić information content (AvgIpc) is 2.38. The number of phenolic OH excluding ortho intramolecular Hbond substituents is 1. The molecule has 19 heavy (non-hydrogen) atoms. The number of hydrogen-bond acceptors (Lipinski definition) is 3. The van der Waals surface area contributed by atoms with Gasteiger partial charge in [0.15, 0.2) is 5.78 Å². The van der Waals surface area contributed by atoms with Crippen LogP contribution in [0.3, 0.4) is 0 Å². The fourth-order valence-electron chi connectivity index (χ4n) is 2.14. The second kappa shape index (κ2) is 5.14. The molecule has 0 heterocycles. The van der Waals surface area contributed by atoms with Crippen LogP contribution in [0.1, 0.15) is 27.0 Å². The van der Waals surface area contributed by atoms with E-state index in [1.54, 1.807) is 12.1 Å². The minimum absolute atomic E-state index is 0.0630. The molecule has 3 heteroatoms. The van der Waals surface area contributed by atoms with Gasteiger partial charge < -0.3 is 9.84 Å². The molecule has 2 rings (SSSR count). The standard InChI is InChI=1S/C16H16O3/c1-10-5-4-6-11(2)15(10)16(18)13-8-7-12(19-3)9-14(13)17/h4-9,17H,1-3H3. The van der Waals surface area contributed by atoms with E-state index in [0.717, 1.165) is 11.1 Å². The molecule has 2 aromatic rings. The lowest BCUT2D eigenvalue weighted by Gasteiger charge is -2.10. The second-order valence-corrected chi connectivity index (χ2v) is 4.48. The van der Waals surface area contributed by atoms with Gasteiger partial charge in [0, 0.05) is 11.6 Å². The summed E-state index contributed by atoms with van der Waals surface area (Å²) in [6.45, 7) is 3.78. The van der Waals surface area contributed by atoms with Crippen molar-refractivity contribution in [2.24, 2.45) is 0 Å². The highest BCUT2D eigenvalue weighted by molar-refractivity contribution is 6.12. The number of ketones is 1. The van der Waals surface area contributed by atoms with Gasteiger partial charge in [0.05, 0.1) is 12.7 Å². The second-order valence-electron chi connectivity index (χ2n) is 4.48. The van der Waals surface area contributed by atoms with E-state index in [0.29, 0.717) is 16.9 Å². The molecule has 0 atom stereocenters. The fraction of sp³-hybridized carbons (Fsp3) is 0.188. The molecular weight excluding hydrogens is 240 g/mol. The van der Waals surface area contributed by atoms with Crippen LogP contribution in [-0.2, 0) is 0 Å². The number of methoxy groups -OCH3 is 1. The van der Waals surface area contributed by atoms with Crippen LogP contribution >= 0.6 is 0 Å². The number of carbonyl (C=O) groups excluding carboxylic acids is 1. The number of phenols is 1. The van der Waals surface area contributed by atoms with Crippen molar-refractivity contribution >= 4 is 5.78 Å². The van der Waals surface area contributed by atoms with Crippen molar-refractivity contribution in [1.82, 2.24) is 0 Å². The summed E-state index contributed by atoms with van der Waals surface area (Å²) in [7, 11) is 1.52. The lowest BCUT2D eigenvalue weighted by molar-refractivity contribution is 0.103. The van der Waals surface area contributed by atoms with Crippen molar-refractivity contribution in [3.05, 3.63) is 58.7 Å². The van der Waals surface area contributed by atoms with E-state index in [1.165, 1.54) is 13.2 Å². The van der Waals surface area contributed by atoms with Crippen molar-refractivity contribution in [3.63, 3.8) is 0 Å². The molecule has 1 N–H and O–H groups in total. The molecule has 98 valence electrons. The maximum absolute atomic E-state index is 12.5. The highest BCUT2D eigenvalue weighted by atomic mass is 16.5. The Morgan fingerprint density at radius 3 is 2.26 bits per heavy atom. The first-order valence-corrected chi connectivity index (χ1v) is 6.02. The van der Waals surface area contributed by atoms with Gasteiger partial charge in [0.25, 0.3) is 0 Å². The summed E-state index contributed by atoms with van der Waals surface area (Å²) in [6.07, 6.45) is 0. The molecule has 0 aliphatic heterocycles. The Balaban J connectivity index is 2.51. The Kier molecular flexibility index (Phi) is 3.56. The highest BCUT2D eigenvalue weighted by Crippen LogP contribution is 2.27. The third-order valence-electron chi connectivity index (χ3n) is 3.16. The van der Waals surface area contributed by atoms with E-state index in [9.17, 15) is 9.90 Å². The zero-order valence-corrected chi connectivity index (χ0v) is 11.2. The summed E-state index contributed by atoms with van der Waals surface area (Å²) in [6, 6.07) is 10.4. The first-order valence-electron chi connectivity index (χ1n) is 6.02. The smallest absolute Gasteiger partial charge is 0.197 e. The maximum atomic E-state index is 12.5. The highest BCUT2D eigenvalue weighted by Gasteiger charge is 2.17. The van der Waals surface area contributed by atoms with E-state index in [2.05, 4.69) is 0 Å². The third-order valence-corrected chi connectivity index (χ3v) is 3.16. The van der Waals surface area contributed by atoms with Crippen molar-refractivity contribution in [1.29, 1.82) is 0 Å². The van der Waals surface area contributed by atoms with Gasteiger partial charge in [-0.25, -0.2) is 0 Å². The maximum Gasteiger partial charge on any atom is 0.197 e. The summed E-state index contributed by atoms with van der Waals surface area (Å²) < 4.78 is 5.01. The topological polar surface area (TPSA) is 46.5 Å². The Bertz CT molecular complexity index is 610.